The van der Waals surface area contributed by atoms with Crippen LogP contribution in [0.2, 0.25) is 0 Å². The number of aromatic nitrogens is 4. The summed E-state index contributed by atoms with van der Waals surface area (Å²) in [5, 5.41) is 0. The van der Waals surface area contributed by atoms with Crippen molar-refractivity contribution in [3.8, 4) is 0 Å². The third-order valence-corrected chi connectivity index (χ3v) is 5.19. The Balaban J connectivity index is 1.57. The van der Waals surface area contributed by atoms with Crippen molar-refractivity contribution in [2.45, 2.75) is 39.3 Å². The smallest absolute Gasteiger partial charge is 0.223 e. The lowest BCUT2D eigenvalue weighted by molar-refractivity contribution is 0.312. The van der Waals surface area contributed by atoms with Crippen molar-refractivity contribution in [2.24, 2.45) is 0 Å². The quantitative estimate of drug-likeness (QED) is 0.852. The minimum atomic E-state index is -0.0591. The highest BCUT2D eigenvalue weighted by Crippen LogP contribution is 2.29. The molecule has 0 saturated carbocycles. The van der Waals surface area contributed by atoms with E-state index in [0.29, 0.717) is 5.95 Å². The van der Waals surface area contributed by atoms with E-state index in [1.54, 1.807) is 0 Å². The highest BCUT2D eigenvalue weighted by Gasteiger charge is 2.27. The zero-order chi connectivity index (χ0) is 19.2. The van der Waals surface area contributed by atoms with Crippen LogP contribution in [-0.4, -0.2) is 58.1 Å². The van der Waals surface area contributed by atoms with Gasteiger partial charge in [-0.05, 0) is 7.05 Å². The maximum atomic E-state index is 6.03. The van der Waals surface area contributed by atoms with E-state index in [0.717, 1.165) is 68.0 Å². The summed E-state index contributed by atoms with van der Waals surface area (Å²) >= 11 is 0. The van der Waals surface area contributed by atoms with Gasteiger partial charge in [0.2, 0.25) is 5.95 Å². The summed E-state index contributed by atoms with van der Waals surface area (Å²) in [7, 11) is 2.14. The van der Waals surface area contributed by atoms with Gasteiger partial charge in [0, 0.05) is 56.0 Å². The van der Waals surface area contributed by atoms with Crippen LogP contribution in [0.4, 0.5) is 17.6 Å². The highest BCUT2D eigenvalue weighted by molar-refractivity contribution is 5.56. The molecule has 0 aromatic carbocycles. The molecule has 2 N–H and O–H groups in total. The second kappa shape index (κ2) is 6.60. The van der Waals surface area contributed by atoms with Gasteiger partial charge in [0.05, 0.1) is 12.2 Å². The molecule has 8 heteroatoms. The van der Waals surface area contributed by atoms with Crippen LogP contribution in [-0.2, 0) is 18.5 Å². The first kappa shape index (κ1) is 17.9. The van der Waals surface area contributed by atoms with E-state index >= 15 is 0 Å². The van der Waals surface area contributed by atoms with Gasteiger partial charge in [-0.1, -0.05) is 20.8 Å². The van der Waals surface area contributed by atoms with Gasteiger partial charge in [0.1, 0.15) is 17.5 Å². The Bertz CT molecular complexity index is 836. The van der Waals surface area contributed by atoms with Crippen molar-refractivity contribution in [1.29, 1.82) is 0 Å². The van der Waals surface area contributed by atoms with Gasteiger partial charge in [0.25, 0.3) is 0 Å². The zero-order valence-electron chi connectivity index (χ0n) is 16.6. The van der Waals surface area contributed by atoms with Crippen LogP contribution in [0.25, 0.3) is 0 Å². The largest absolute Gasteiger partial charge is 0.368 e. The van der Waals surface area contributed by atoms with Gasteiger partial charge in [-0.3, -0.25) is 0 Å². The molecule has 0 spiro atoms. The highest BCUT2D eigenvalue weighted by atomic mass is 15.3. The number of likely N-dealkylation sites (N-methyl/N-ethyl adjacent to an activating group) is 1. The zero-order valence-corrected chi connectivity index (χ0v) is 16.6. The first-order chi connectivity index (χ1) is 12.8. The molecule has 0 radical (unpaired) electrons. The number of piperazine rings is 1. The summed E-state index contributed by atoms with van der Waals surface area (Å²) in [6, 6.07) is 2.05. The van der Waals surface area contributed by atoms with E-state index < -0.39 is 0 Å². The standard InChI is InChI=1S/C19H28N8/c1-19(2,3)17-21-10-13-11-27(12-14(13)22-17)16-9-15(23-18(20)24-16)26-7-5-25(4)6-8-26/h9-10H,5-8,11-12H2,1-4H3,(H2,20,23,24). The lowest BCUT2D eigenvalue weighted by atomic mass is 9.95. The molecule has 2 aliphatic rings. The van der Waals surface area contributed by atoms with Crippen LogP contribution in [0.5, 0.6) is 0 Å². The van der Waals surface area contributed by atoms with Crippen LogP contribution in [0.15, 0.2) is 12.3 Å². The molecule has 0 atom stereocenters. The fourth-order valence-electron chi connectivity index (χ4n) is 3.48. The summed E-state index contributed by atoms with van der Waals surface area (Å²) in [5.74, 6) is 2.96. The van der Waals surface area contributed by atoms with E-state index in [4.69, 9.17) is 10.7 Å². The molecule has 1 fully saturated rings. The molecule has 2 aliphatic heterocycles. The summed E-state index contributed by atoms with van der Waals surface area (Å²) in [4.78, 5) is 25.1. The van der Waals surface area contributed by atoms with Crippen molar-refractivity contribution in [1.82, 2.24) is 24.8 Å². The van der Waals surface area contributed by atoms with Gasteiger partial charge in [-0.2, -0.15) is 9.97 Å². The third kappa shape index (κ3) is 3.66. The Morgan fingerprint density at radius 2 is 1.59 bits per heavy atom. The first-order valence-electron chi connectivity index (χ1n) is 9.48. The average molecular weight is 368 g/mol. The molecule has 4 rings (SSSR count). The second-order valence-electron chi connectivity index (χ2n) is 8.50. The van der Waals surface area contributed by atoms with Crippen LogP contribution in [0.3, 0.4) is 0 Å². The topological polar surface area (TPSA) is 87.3 Å². The molecule has 4 heterocycles. The lowest BCUT2D eigenvalue weighted by Gasteiger charge is -2.33. The van der Waals surface area contributed by atoms with Crippen molar-refractivity contribution in [3.05, 3.63) is 29.3 Å². The molecule has 0 aliphatic carbocycles. The summed E-state index contributed by atoms with van der Waals surface area (Å²) in [6.07, 6.45) is 1.95. The number of rotatable bonds is 2. The molecular weight excluding hydrogens is 340 g/mol. The average Bonchev–Trinajstić information content (AvgIpc) is 3.04. The third-order valence-electron chi connectivity index (χ3n) is 5.19. The number of fused-ring (bicyclic) bond motifs is 1. The maximum Gasteiger partial charge on any atom is 0.223 e. The van der Waals surface area contributed by atoms with Crippen LogP contribution in [0.1, 0.15) is 37.9 Å². The molecule has 2 aromatic heterocycles. The molecule has 1 saturated heterocycles. The van der Waals surface area contributed by atoms with E-state index in [1.807, 2.05) is 12.3 Å². The van der Waals surface area contributed by atoms with Gasteiger partial charge in [-0.25, -0.2) is 9.97 Å². The molecular formula is C19H28N8. The number of nitrogens with two attached hydrogens (primary N) is 1. The van der Waals surface area contributed by atoms with E-state index in [-0.39, 0.29) is 5.41 Å². The van der Waals surface area contributed by atoms with Crippen LogP contribution >= 0.6 is 0 Å². The molecule has 0 bridgehead atoms. The van der Waals surface area contributed by atoms with Gasteiger partial charge >= 0.3 is 0 Å². The van der Waals surface area contributed by atoms with Gasteiger partial charge in [-0.15, -0.1) is 0 Å². The monoisotopic (exact) mass is 368 g/mol. The molecule has 0 amide bonds. The fraction of sp³-hybridized carbons (Fsp3) is 0.579. The Morgan fingerprint density at radius 1 is 0.926 bits per heavy atom. The van der Waals surface area contributed by atoms with Crippen LogP contribution in [0, 0.1) is 0 Å². The fourth-order valence-corrected chi connectivity index (χ4v) is 3.48. The Kier molecular flexibility index (Phi) is 4.38. The van der Waals surface area contributed by atoms with Crippen molar-refractivity contribution in [3.63, 3.8) is 0 Å². The summed E-state index contributed by atoms with van der Waals surface area (Å²) in [6.45, 7) is 11.8. The lowest BCUT2D eigenvalue weighted by Crippen LogP contribution is -2.45. The van der Waals surface area contributed by atoms with E-state index in [2.05, 4.69) is 57.5 Å². The van der Waals surface area contributed by atoms with E-state index in [9.17, 15) is 0 Å². The summed E-state index contributed by atoms with van der Waals surface area (Å²) in [5.41, 5.74) is 8.21. The molecule has 27 heavy (non-hydrogen) atoms. The number of nitrogens with zero attached hydrogens (tertiary/aromatic N) is 7. The molecule has 2 aromatic rings. The minimum absolute atomic E-state index is 0.0591. The van der Waals surface area contributed by atoms with Gasteiger partial charge < -0.3 is 20.4 Å². The van der Waals surface area contributed by atoms with Crippen molar-refractivity contribution in [2.75, 3.05) is 48.8 Å². The predicted molar refractivity (Wildman–Crippen MR) is 107 cm³/mol. The normalized spacial score (nSPS) is 18.1. The summed E-state index contributed by atoms with van der Waals surface area (Å²) < 4.78 is 0. The first-order valence-corrected chi connectivity index (χ1v) is 9.48. The Morgan fingerprint density at radius 3 is 2.26 bits per heavy atom. The van der Waals surface area contributed by atoms with Crippen molar-refractivity contribution < 1.29 is 0 Å². The predicted octanol–water partition coefficient (Wildman–Crippen LogP) is 1.42. The second-order valence-corrected chi connectivity index (χ2v) is 8.50. The molecule has 0 unspecified atom stereocenters. The SMILES string of the molecule is CN1CCN(c2cc(N3Cc4cnc(C(C)(C)C)nc4C3)nc(N)n2)CC1. The Labute approximate surface area is 160 Å². The number of hydrogen-bond acceptors (Lipinski definition) is 8. The number of nitrogen functional groups attached to an aromatic ring is 1. The number of hydrogen-bond donors (Lipinski definition) is 1. The minimum Gasteiger partial charge on any atom is -0.368 e. The van der Waals surface area contributed by atoms with E-state index in [1.165, 1.54) is 0 Å². The molecule has 144 valence electrons. The van der Waals surface area contributed by atoms with Crippen LogP contribution < -0.4 is 15.5 Å². The molecule has 8 nitrogen and oxygen atoms in total. The Hall–Kier alpha value is -2.48. The van der Waals surface area contributed by atoms with Gasteiger partial charge in [0.15, 0.2) is 0 Å². The maximum absolute atomic E-state index is 6.03. The van der Waals surface area contributed by atoms with Crippen molar-refractivity contribution >= 4 is 17.6 Å². The number of anilines is 3.